The fourth-order valence-corrected chi connectivity index (χ4v) is 4.40. The van der Waals surface area contributed by atoms with E-state index in [1.807, 2.05) is 41.3 Å². The molecule has 5 nitrogen and oxygen atoms in total. The van der Waals surface area contributed by atoms with Gasteiger partial charge in [0, 0.05) is 24.0 Å². The summed E-state index contributed by atoms with van der Waals surface area (Å²) in [6, 6.07) is 21.3. The highest BCUT2D eigenvalue weighted by Crippen LogP contribution is 2.29. The summed E-state index contributed by atoms with van der Waals surface area (Å²) in [7, 11) is 0. The molecule has 1 atom stereocenters. The summed E-state index contributed by atoms with van der Waals surface area (Å²) in [5.41, 5.74) is 6.37. The third-order valence-corrected chi connectivity index (χ3v) is 6.62. The monoisotopic (exact) mass is 438 g/mol. The van der Waals surface area contributed by atoms with Gasteiger partial charge < -0.3 is 14.6 Å². The molecule has 1 fully saturated rings. The summed E-state index contributed by atoms with van der Waals surface area (Å²) in [6.45, 7) is 5.28. The first-order valence-electron chi connectivity index (χ1n) is 11.2. The fourth-order valence-electron chi connectivity index (χ4n) is 4.40. The molecule has 1 aliphatic heterocycles. The van der Waals surface area contributed by atoms with Crippen molar-refractivity contribution < 1.29 is 14.0 Å². The zero-order valence-electron chi connectivity index (χ0n) is 18.8. The minimum absolute atomic E-state index is 0.00580. The molecule has 1 saturated heterocycles. The molecular weight excluding hydrogens is 412 g/mol. The Balaban J connectivity index is 1.31. The molecular formula is C28H26N2O3. The fraction of sp³-hybridized carbons (Fsp3) is 0.214. The van der Waals surface area contributed by atoms with Crippen molar-refractivity contribution in [3.8, 4) is 11.1 Å². The van der Waals surface area contributed by atoms with Gasteiger partial charge in [0.05, 0.1) is 17.9 Å². The highest BCUT2D eigenvalue weighted by Gasteiger charge is 2.34. The van der Waals surface area contributed by atoms with Gasteiger partial charge in [-0.3, -0.25) is 9.59 Å². The molecule has 5 rings (SSSR count). The molecule has 0 unspecified atom stereocenters. The average molecular weight is 439 g/mol. The number of carbonyl (C=O) groups is 2. The topological polar surface area (TPSA) is 62.6 Å². The number of fused-ring (bicyclic) bond motifs is 1. The molecule has 3 aromatic carbocycles. The van der Waals surface area contributed by atoms with E-state index >= 15 is 0 Å². The van der Waals surface area contributed by atoms with Crippen LogP contribution >= 0.6 is 0 Å². The van der Waals surface area contributed by atoms with Gasteiger partial charge in [0.2, 0.25) is 0 Å². The number of benzene rings is 3. The zero-order valence-corrected chi connectivity index (χ0v) is 18.8. The number of hydrogen-bond donors (Lipinski definition) is 1. The second kappa shape index (κ2) is 8.58. The van der Waals surface area contributed by atoms with E-state index in [0.29, 0.717) is 29.8 Å². The van der Waals surface area contributed by atoms with Crippen LogP contribution in [0.4, 0.5) is 0 Å². The van der Waals surface area contributed by atoms with Gasteiger partial charge in [-0.15, -0.1) is 0 Å². The summed E-state index contributed by atoms with van der Waals surface area (Å²) in [4.78, 5) is 28.1. The van der Waals surface area contributed by atoms with Crippen molar-refractivity contribution in [2.24, 2.45) is 0 Å². The quantitative estimate of drug-likeness (QED) is 0.456. The van der Waals surface area contributed by atoms with Gasteiger partial charge in [-0.2, -0.15) is 0 Å². The van der Waals surface area contributed by atoms with Crippen molar-refractivity contribution in [1.82, 2.24) is 10.2 Å². The van der Waals surface area contributed by atoms with Gasteiger partial charge in [0.15, 0.2) is 0 Å². The molecule has 2 heterocycles. The van der Waals surface area contributed by atoms with E-state index in [2.05, 4.69) is 37.4 Å². The Hall–Kier alpha value is -3.86. The van der Waals surface area contributed by atoms with Gasteiger partial charge in [0.25, 0.3) is 11.8 Å². The highest BCUT2D eigenvalue weighted by molar-refractivity contribution is 6.06. The van der Waals surface area contributed by atoms with Crippen LogP contribution in [0.1, 0.15) is 38.3 Å². The molecule has 0 spiro atoms. The molecule has 0 radical (unpaired) electrons. The lowest BCUT2D eigenvalue weighted by molar-refractivity contribution is 0.0456. The first-order chi connectivity index (χ1) is 16.0. The van der Waals surface area contributed by atoms with Crippen molar-refractivity contribution in [3.05, 3.63) is 95.2 Å². The predicted molar refractivity (Wildman–Crippen MR) is 129 cm³/mol. The van der Waals surface area contributed by atoms with Crippen molar-refractivity contribution >= 4 is 22.8 Å². The maximum atomic E-state index is 13.4. The van der Waals surface area contributed by atoms with Crippen LogP contribution in [0.25, 0.3) is 22.1 Å². The number of amides is 2. The maximum Gasteiger partial charge on any atom is 0.254 e. The standard InChI is InChI=1S/C28H26N2O3/c1-18-10-11-20(16-19(18)2)22-6-3-4-7-25(22)28(32)30-14-12-21(30)17-29-27(31)24-8-5-9-26-23(24)13-15-33-26/h3-11,13,15-16,21H,12,14,17H2,1-2H3,(H,29,31)/t21-/m1/s1. The van der Waals surface area contributed by atoms with Gasteiger partial charge in [-0.05, 0) is 66.8 Å². The number of aryl methyl sites for hydroxylation is 2. The van der Waals surface area contributed by atoms with Crippen LogP contribution in [0, 0.1) is 13.8 Å². The van der Waals surface area contributed by atoms with Crippen molar-refractivity contribution in [3.63, 3.8) is 0 Å². The number of carbonyl (C=O) groups excluding carboxylic acids is 2. The van der Waals surface area contributed by atoms with Crippen LogP contribution in [-0.2, 0) is 0 Å². The molecule has 1 N–H and O–H groups in total. The smallest absolute Gasteiger partial charge is 0.254 e. The Bertz CT molecular complexity index is 1350. The molecule has 2 amide bonds. The lowest BCUT2D eigenvalue weighted by Crippen LogP contribution is -2.56. The number of nitrogens with zero attached hydrogens (tertiary/aromatic N) is 1. The molecule has 1 aromatic heterocycles. The van der Waals surface area contributed by atoms with E-state index < -0.39 is 0 Å². The lowest BCUT2D eigenvalue weighted by atomic mass is 9.94. The van der Waals surface area contributed by atoms with Crippen LogP contribution in [0.5, 0.6) is 0 Å². The Morgan fingerprint density at radius 3 is 2.58 bits per heavy atom. The third-order valence-electron chi connectivity index (χ3n) is 6.62. The van der Waals surface area contributed by atoms with E-state index in [-0.39, 0.29) is 17.9 Å². The number of furan rings is 1. The maximum absolute atomic E-state index is 13.4. The third kappa shape index (κ3) is 3.91. The number of nitrogens with one attached hydrogen (secondary N) is 1. The molecule has 4 aromatic rings. The van der Waals surface area contributed by atoms with E-state index in [4.69, 9.17) is 4.42 Å². The Labute approximate surface area is 193 Å². The van der Waals surface area contributed by atoms with Gasteiger partial charge in [0.1, 0.15) is 5.58 Å². The van der Waals surface area contributed by atoms with Gasteiger partial charge >= 0.3 is 0 Å². The summed E-state index contributed by atoms with van der Waals surface area (Å²) >= 11 is 0. The summed E-state index contributed by atoms with van der Waals surface area (Å²) in [5.74, 6) is -0.150. The number of likely N-dealkylation sites (tertiary alicyclic amines) is 1. The van der Waals surface area contributed by atoms with E-state index in [1.54, 1.807) is 18.4 Å². The second-order valence-electron chi connectivity index (χ2n) is 8.63. The highest BCUT2D eigenvalue weighted by atomic mass is 16.3. The molecule has 166 valence electrons. The van der Waals surface area contributed by atoms with Crippen LogP contribution in [-0.4, -0.2) is 35.8 Å². The van der Waals surface area contributed by atoms with Crippen LogP contribution in [0.15, 0.2) is 77.4 Å². The van der Waals surface area contributed by atoms with E-state index in [0.717, 1.165) is 22.9 Å². The van der Waals surface area contributed by atoms with Crippen LogP contribution in [0.2, 0.25) is 0 Å². The van der Waals surface area contributed by atoms with Gasteiger partial charge in [-0.1, -0.05) is 42.5 Å². The van der Waals surface area contributed by atoms with Crippen molar-refractivity contribution in [2.45, 2.75) is 26.3 Å². The van der Waals surface area contributed by atoms with Crippen molar-refractivity contribution in [1.29, 1.82) is 0 Å². The summed E-state index contributed by atoms with van der Waals surface area (Å²) < 4.78 is 5.39. The molecule has 5 heteroatoms. The molecule has 0 saturated carbocycles. The van der Waals surface area contributed by atoms with Crippen LogP contribution < -0.4 is 5.32 Å². The van der Waals surface area contributed by atoms with E-state index in [1.165, 1.54) is 11.1 Å². The number of hydrogen-bond acceptors (Lipinski definition) is 3. The SMILES string of the molecule is Cc1ccc(-c2ccccc2C(=O)N2CC[C@@H]2CNC(=O)c2cccc3occc23)cc1C. The number of rotatable bonds is 5. The zero-order chi connectivity index (χ0) is 22.9. The largest absolute Gasteiger partial charge is 0.464 e. The minimum atomic E-state index is -0.156. The lowest BCUT2D eigenvalue weighted by Gasteiger charge is -2.41. The van der Waals surface area contributed by atoms with Crippen molar-refractivity contribution in [2.75, 3.05) is 13.1 Å². The summed E-state index contributed by atoms with van der Waals surface area (Å²) in [5, 5.41) is 3.80. The Morgan fingerprint density at radius 1 is 0.970 bits per heavy atom. The first kappa shape index (κ1) is 21.0. The molecule has 33 heavy (non-hydrogen) atoms. The summed E-state index contributed by atoms with van der Waals surface area (Å²) in [6.07, 6.45) is 2.45. The molecule has 0 aliphatic carbocycles. The Kier molecular flexibility index (Phi) is 5.47. The average Bonchev–Trinajstić information content (AvgIpc) is 3.29. The Morgan fingerprint density at radius 2 is 1.79 bits per heavy atom. The predicted octanol–water partition coefficient (Wildman–Crippen LogP) is 5.36. The molecule has 1 aliphatic rings. The second-order valence-corrected chi connectivity index (χ2v) is 8.63. The minimum Gasteiger partial charge on any atom is -0.464 e. The molecule has 0 bridgehead atoms. The normalized spacial score (nSPS) is 15.3. The van der Waals surface area contributed by atoms with Crippen LogP contribution in [0.3, 0.4) is 0 Å². The van der Waals surface area contributed by atoms with Gasteiger partial charge in [-0.25, -0.2) is 0 Å². The first-order valence-corrected chi connectivity index (χ1v) is 11.2. The van der Waals surface area contributed by atoms with E-state index in [9.17, 15) is 9.59 Å².